The lowest BCUT2D eigenvalue weighted by molar-refractivity contribution is -0.136. The highest BCUT2D eigenvalue weighted by Gasteiger charge is 2.14. The molecule has 0 saturated carbocycles. The molecular formula is C17H20N2O2S. The minimum atomic E-state index is -0.640. The van der Waals surface area contributed by atoms with Crippen molar-refractivity contribution in [1.82, 2.24) is 5.32 Å². The highest BCUT2D eigenvalue weighted by Crippen LogP contribution is 2.17. The van der Waals surface area contributed by atoms with E-state index in [-0.39, 0.29) is 0 Å². The lowest BCUT2D eigenvalue weighted by Gasteiger charge is -2.09. The number of thiophene rings is 1. The largest absolute Gasteiger partial charge is 0.343 e. The van der Waals surface area contributed by atoms with Crippen LogP contribution in [0.2, 0.25) is 0 Å². The fraction of sp³-hybridized carbons (Fsp3) is 0.294. The summed E-state index contributed by atoms with van der Waals surface area (Å²) in [4.78, 5) is 26.1. The highest BCUT2D eigenvalue weighted by atomic mass is 32.1. The normalized spacial score (nSPS) is 10.3. The SMILES string of the molecule is CCc1ccc(CNC(=O)C(=O)Nc2ccc(C)cc2C)s1. The van der Waals surface area contributed by atoms with Gasteiger partial charge in [-0.05, 0) is 44.0 Å². The third kappa shape index (κ3) is 4.18. The van der Waals surface area contributed by atoms with E-state index in [9.17, 15) is 9.59 Å². The van der Waals surface area contributed by atoms with Gasteiger partial charge in [0.25, 0.3) is 0 Å². The summed E-state index contributed by atoms with van der Waals surface area (Å²) in [6, 6.07) is 9.69. The van der Waals surface area contributed by atoms with E-state index in [1.165, 1.54) is 4.88 Å². The lowest BCUT2D eigenvalue weighted by atomic mass is 10.1. The van der Waals surface area contributed by atoms with Gasteiger partial charge in [-0.25, -0.2) is 0 Å². The summed E-state index contributed by atoms with van der Waals surface area (Å²) < 4.78 is 0. The Morgan fingerprint density at radius 1 is 1.05 bits per heavy atom. The Hall–Kier alpha value is -2.14. The number of rotatable bonds is 4. The molecule has 1 aromatic heterocycles. The summed E-state index contributed by atoms with van der Waals surface area (Å²) in [7, 11) is 0. The van der Waals surface area contributed by atoms with E-state index in [1.807, 2.05) is 44.2 Å². The van der Waals surface area contributed by atoms with Crippen LogP contribution in [-0.2, 0) is 22.6 Å². The van der Waals surface area contributed by atoms with Crippen molar-refractivity contribution >= 4 is 28.8 Å². The van der Waals surface area contributed by atoms with Crippen molar-refractivity contribution in [3.05, 3.63) is 51.2 Å². The van der Waals surface area contributed by atoms with Crippen molar-refractivity contribution in [3.63, 3.8) is 0 Å². The zero-order valence-electron chi connectivity index (χ0n) is 13.0. The minimum Gasteiger partial charge on any atom is -0.343 e. The molecule has 116 valence electrons. The quantitative estimate of drug-likeness (QED) is 0.851. The Kier molecular flexibility index (Phi) is 5.33. The van der Waals surface area contributed by atoms with Crippen molar-refractivity contribution in [2.45, 2.75) is 33.7 Å². The summed E-state index contributed by atoms with van der Waals surface area (Å²) >= 11 is 1.65. The number of aryl methyl sites for hydroxylation is 3. The highest BCUT2D eigenvalue weighted by molar-refractivity contribution is 7.11. The molecule has 1 aromatic carbocycles. The van der Waals surface area contributed by atoms with Crippen LogP contribution in [0.4, 0.5) is 5.69 Å². The molecule has 0 bridgehead atoms. The van der Waals surface area contributed by atoms with Crippen LogP contribution < -0.4 is 10.6 Å². The van der Waals surface area contributed by atoms with Crippen LogP contribution in [0.5, 0.6) is 0 Å². The second kappa shape index (κ2) is 7.22. The molecule has 0 aliphatic carbocycles. The first-order chi connectivity index (χ1) is 10.5. The molecule has 22 heavy (non-hydrogen) atoms. The third-order valence-electron chi connectivity index (χ3n) is 3.33. The molecule has 0 radical (unpaired) electrons. The monoisotopic (exact) mass is 316 g/mol. The summed E-state index contributed by atoms with van der Waals surface area (Å²) in [6.45, 7) is 6.35. The van der Waals surface area contributed by atoms with Gasteiger partial charge in [0.2, 0.25) is 0 Å². The van der Waals surface area contributed by atoms with Gasteiger partial charge in [0.05, 0.1) is 6.54 Å². The zero-order valence-corrected chi connectivity index (χ0v) is 13.8. The van der Waals surface area contributed by atoms with Crippen molar-refractivity contribution in [3.8, 4) is 0 Å². The molecule has 2 aromatic rings. The molecular weight excluding hydrogens is 296 g/mol. The van der Waals surface area contributed by atoms with Crippen molar-refractivity contribution in [2.75, 3.05) is 5.32 Å². The molecule has 0 aliphatic rings. The maximum absolute atomic E-state index is 11.9. The number of carbonyl (C=O) groups is 2. The van der Waals surface area contributed by atoms with Gasteiger partial charge in [0, 0.05) is 15.4 Å². The number of hydrogen-bond acceptors (Lipinski definition) is 3. The molecule has 2 rings (SSSR count). The molecule has 0 unspecified atom stereocenters. The van der Waals surface area contributed by atoms with Gasteiger partial charge in [0.15, 0.2) is 0 Å². The fourth-order valence-corrected chi connectivity index (χ4v) is 2.99. The molecule has 0 aliphatic heterocycles. The van der Waals surface area contributed by atoms with E-state index in [0.717, 1.165) is 22.4 Å². The summed E-state index contributed by atoms with van der Waals surface area (Å²) in [5.74, 6) is -1.26. The Balaban J connectivity index is 1.90. The van der Waals surface area contributed by atoms with Crippen LogP contribution >= 0.6 is 11.3 Å². The van der Waals surface area contributed by atoms with Crippen LogP contribution in [0.3, 0.4) is 0 Å². The van der Waals surface area contributed by atoms with Gasteiger partial charge in [-0.3, -0.25) is 9.59 Å². The van der Waals surface area contributed by atoms with Crippen LogP contribution in [0.25, 0.3) is 0 Å². The first kappa shape index (κ1) is 16.2. The number of anilines is 1. The van der Waals surface area contributed by atoms with E-state index in [0.29, 0.717) is 12.2 Å². The van der Waals surface area contributed by atoms with E-state index in [4.69, 9.17) is 0 Å². The Labute approximate surface area is 134 Å². The number of hydrogen-bond donors (Lipinski definition) is 2. The van der Waals surface area contributed by atoms with Gasteiger partial charge in [-0.2, -0.15) is 0 Å². The maximum atomic E-state index is 11.9. The molecule has 0 fully saturated rings. The van der Waals surface area contributed by atoms with Gasteiger partial charge >= 0.3 is 11.8 Å². The smallest absolute Gasteiger partial charge is 0.313 e. The molecule has 0 spiro atoms. The van der Waals surface area contributed by atoms with Gasteiger partial charge in [-0.15, -0.1) is 11.3 Å². The van der Waals surface area contributed by atoms with E-state index in [1.54, 1.807) is 11.3 Å². The van der Waals surface area contributed by atoms with Gasteiger partial charge in [-0.1, -0.05) is 24.6 Å². The number of amides is 2. The van der Waals surface area contributed by atoms with Crippen molar-refractivity contribution in [2.24, 2.45) is 0 Å². The zero-order chi connectivity index (χ0) is 16.1. The first-order valence-corrected chi connectivity index (χ1v) is 8.05. The summed E-state index contributed by atoms with van der Waals surface area (Å²) in [5.41, 5.74) is 2.71. The standard InChI is InChI=1S/C17H20N2O2S/c1-4-13-6-7-14(22-13)10-18-16(20)17(21)19-15-8-5-11(2)9-12(15)3/h5-9H,4,10H2,1-3H3,(H,18,20)(H,19,21). The first-order valence-electron chi connectivity index (χ1n) is 7.23. The Morgan fingerprint density at radius 3 is 2.41 bits per heavy atom. The summed E-state index contributed by atoms with van der Waals surface area (Å²) in [6.07, 6.45) is 0.978. The van der Waals surface area contributed by atoms with Crippen LogP contribution in [0.15, 0.2) is 30.3 Å². The predicted molar refractivity (Wildman–Crippen MR) is 90.1 cm³/mol. The van der Waals surface area contributed by atoms with Gasteiger partial charge < -0.3 is 10.6 Å². The molecule has 2 amide bonds. The molecule has 0 atom stereocenters. The average Bonchev–Trinajstić information content (AvgIpc) is 2.95. The van der Waals surface area contributed by atoms with Crippen LogP contribution in [0.1, 0.15) is 27.8 Å². The maximum Gasteiger partial charge on any atom is 0.313 e. The van der Waals surface area contributed by atoms with Crippen LogP contribution in [0, 0.1) is 13.8 Å². The number of benzene rings is 1. The topological polar surface area (TPSA) is 58.2 Å². The van der Waals surface area contributed by atoms with E-state index >= 15 is 0 Å². The third-order valence-corrected chi connectivity index (χ3v) is 4.55. The Bertz CT molecular complexity index is 692. The molecule has 2 N–H and O–H groups in total. The molecule has 0 saturated heterocycles. The lowest BCUT2D eigenvalue weighted by Crippen LogP contribution is -2.34. The Morgan fingerprint density at radius 2 is 1.77 bits per heavy atom. The second-order valence-corrected chi connectivity index (χ2v) is 6.43. The molecule has 4 nitrogen and oxygen atoms in total. The summed E-state index contributed by atoms with van der Waals surface area (Å²) in [5, 5.41) is 5.29. The number of carbonyl (C=O) groups excluding carboxylic acids is 2. The van der Waals surface area contributed by atoms with Crippen molar-refractivity contribution < 1.29 is 9.59 Å². The van der Waals surface area contributed by atoms with E-state index < -0.39 is 11.8 Å². The number of nitrogens with one attached hydrogen (secondary N) is 2. The molecule has 1 heterocycles. The minimum absolute atomic E-state index is 0.379. The predicted octanol–water partition coefficient (Wildman–Crippen LogP) is 3.18. The second-order valence-electron chi connectivity index (χ2n) is 5.18. The van der Waals surface area contributed by atoms with Crippen LogP contribution in [-0.4, -0.2) is 11.8 Å². The fourth-order valence-electron chi connectivity index (χ4n) is 2.09. The average molecular weight is 316 g/mol. The van der Waals surface area contributed by atoms with Crippen molar-refractivity contribution in [1.29, 1.82) is 0 Å². The molecule has 5 heteroatoms. The van der Waals surface area contributed by atoms with E-state index in [2.05, 4.69) is 17.6 Å². The van der Waals surface area contributed by atoms with Gasteiger partial charge in [0.1, 0.15) is 0 Å².